The Labute approximate surface area is 119 Å². The van der Waals surface area contributed by atoms with Crippen LogP contribution in [0.1, 0.15) is 39.0 Å². The zero-order chi connectivity index (χ0) is 14.6. The van der Waals surface area contributed by atoms with Crippen molar-refractivity contribution in [2.45, 2.75) is 44.6 Å². The van der Waals surface area contributed by atoms with E-state index in [-0.39, 0.29) is 12.0 Å². The number of hydrogen-bond donors (Lipinski definition) is 3. The Morgan fingerprint density at radius 3 is 2.65 bits per heavy atom. The van der Waals surface area contributed by atoms with Crippen LogP contribution >= 0.6 is 0 Å². The van der Waals surface area contributed by atoms with Gasteiger partial charge in [0.05, 0.1) is 12.7 Å². The lowest BCUT2D eigenvalue weighted by Gasteiger charge is -2.35. The van der Waals surface area contributed by atoms with Crippen LogP contribution in [0, 0.1) is 5.92 Å². The summed E-state index contributed by atoms with van der Waals surface area (Å²) >= 11 is 0. The summed E-state index contributed by atoms with van der Waals surface area (Å²) in [6.45, 7) is 2.61. The first-order valence-corrected chi connectivity index (χ1v) is 7.06. The van der Waals surface area contributed by atoms with Crippen molar-refractivity contribution in [2.24, 2.45) is 5.92 Å². The number of hydrogen-bond acceptors (Lipinski definition) is 7. The van der Waals surface area contributed by atoms with Crippen LogP contribution in [0.4, 0.5) is 11.9 Å². The van der Waals surface area contributed by atoms with Crippen LogP contribution in [0.3, 0.4) is 0 Å². The average Bonchev–Trinajstić information content (AvgIpc) is 2.45. The highest BCUT2D eigenvalue weighted by Gasteiger charge is 2.32. The van der Waals surface area contributed by atoms with Gasteiger partial charge in [0.25, 0.3) is 0 Å². The largest absolute Gasteiger partial charge is 0.467 e. The van der Waals surface area contributed by atoms with Gasteiger partial charge >= 0.3 is 6.01 Å². The molecule has 1 fully saturated rings. The molecule has 1 aliphatic carbocycles. The quantitative estimate of drug-likeness (QED) is 0.744. The van der Waals surface area contributed by atoms with E-state index in [1.807, 2.05) is 0 Å². The molecule has 4 N–H and O–H groups in total. The molecule has 0 aliphatic heterocycles. The maximum atomic E-state index is 10.5. The topological polar surface area (TPSA) is 106 Å². The van der Waals surface area contributed by atoms with Gasteiger partial charge < -0.3 is 20.9 Å². The molecule has 0 radical (unpaired) electrons. The van der Waals surface area contributed by atoms with E-state index >= 15 is 0 Å². The third kappa shape index (κ3) is 3.69. The maximum Gasteiger partial charge on any atom is 0.322 e. The normalized spacial score (nSPS) is 26.2. The Morgan fingerprint density at radius 2 is 2.05 bits per heavy atom. The van der Waals surface area contributed by atoms with Gasteiger partial charge in [0.2, 0.25) is 11.9 Å². The Morgan fingerprint density at radius 1 is 1.35 bits per heavy atom. The summed E-state index contributed by atoms with van der Waals surface area (Å²) in [5.74, 6) is 1.17. The van der Waals surface area contributed by atoms with Crippen molar-refractivity contribution in [3.8, 4) is 6.01 Å². The number of nitrogen functional groups attached to an aromatic ring is 1. The van der Waals surface area contributed by atoms with Crippen molar-refractivity contribution >= 4 is 11.9 Å². The minimum atomic E-state index is -0.694. The van der Waals surface area contributed by atoms with E-state index in [0.29, 0.717) is 12.5 Å². The lowest BCUT2D eigenvalue weighted by atomic mass is 9.78. The lowest BCUT2D eigenvalue weighted by Crippen LogP contribution is -2.40. The summed E-state index contributed by atoms with van der Waals surface area (Å²) < 4.78 is 4.94. The van der Waals surface area contributed by atoms with Crippen LogP contribution in [0.15, 0.2) is 0 Å². The average molecular weight is 281 g/mol. The first-order chi connectivity index (χ1) is 9.54. The van der Waals surface area contributed by atoms with Crippen LogP contribution in [0.25, 0.3) is 0 Å². The smallest absolute Gasteiger partial charge is 0.322 e. The minimum Gasteiger partial charge on any atom is -0.467 e. The number of nitrogens with zero attached hydrogens (tertiary/aromatic N) is 3. The van der Waals surface area contributed by atoms with Crippen molar-refractivity contribution in [3.05, 3.63) is 0 Å². The second-order valence-electron chi connectivity index (χ2n) is 5.43. The third-order valence-corrected chi connectivity index (χ3v) is 4.00. The van der Waals surface area contributed by atoms with E-state index in [2.05, 4.69) is 27.2 Å². The predicted octanol–water partition coefficient (Wildman–Crippen LogP) is 1.21. The van der Waals surface area contributed by atoms with E-state index in [0.717, 1.165) is 31.6 Å². The number of nitrogens with two attached hydrogens (primary N) is 1. The van der Waals surface area contributed by atoms with Crippen LogP contribution in [0.5, 0.6) is 6.01 Å². The Hall–Kier alpha value is -1.63. The Balaban J connectivity index is 1.93. The van der Waals surface area contributed by atoms with Gasteiger partial charge in [0.15, 0.2) is 0 Å². The molecule has 0 bridgehead atoms. The number of aliphatic hydroxyl groups is 1. The molecule has 112 valence electrons. The minimum absolute atomic E-state index is 0.0982. The Bertz CT molecular complexity index is 446. The fourth-order valence-corrected chi connectivity index (χ4v) is 2.59. The molecule has 7 heteroatoms. The molecule has 0 unspecified atom stereocenters. The summed E-state index contributed by atoms with van der Waals surface area (Å²) in [4.78, 5) is 11.9. The summed E-state index contributed by atoms with van der Waals surface area (Å²) in [6, 6.07) is 0.168. The summed E-state index contributed by atoms with van der Waals surface area (Å²) in [7, 11) is 1.47. The van der Waals surface area contributed by atoms with Gasteiger partial charge in [0, 0.05) is 6.54 Å². The summed E-state index contributed by atoms with van der Waals surface area (Å²) in [5, 5.41) is 13.6. The summed E-state index contributed by atoms with van der Waals surface area (Å²) in [5.41, 5.74) is 4.87. The zero-order valence-corrected chi connectivity index (χ0v) is 12.1. The fraction of sp³-hybridized carbons (Fsp3) is 0.769. The van der Waals surface area contributed by atoms with Gasteiger partial charge in [-0.25, -0.2) is 0 Å². The molecular weight excluding hydrogens is 258 g/mol. The van der Waals surface area contributed by atoms with Crippen molar-refractivity contribution in [2.75, 3.05) is 24.7 Å². The second-order valence-corrected chi connectivity index (χ2v) is 5.43. The van der Waals surface area contributed by atoms with Crippen LogP contribution in [0.2, 0.25) is 0 Å². The van der Waals surface area contributed by atoms with Crippen molar-refractivity contribution in [3.63, 3.8) is 0 Å². The SMILES string of the molecule is CCC1CCC(O)(CNc2nc(N)nc(OC)n2)CC1. The molecule has 0 aromatic carbocycles. The molecule has 0 amide bonds. The molecule has 2 rings (SSSR count). The molecule has 20 heavy (non-hydrogen) atoms. The Kier molecular flexibility index (Phi) is 4.59. The molecule has 0 atom stereocenters. The number of nitrogens with one attached hydrogen (secondary N) is 1. The standard InChI is InChI=1S/C13H23N5O2/c1-3-9-4-6-13(19,7-5-9)8-15-11-16-10(14)17-12(18-11)20-2/h9,19H,3-8H2,1-2H3,(H3,14,15,16,17,18). The predicted molar refractivity (Wildman–Crippen MR) is 76.5 cm³/mol. The molecular formula is C13H23N5O2. The third-order valence-electron chi connectivity index (χ3n) is 4.00. The van der Waals surface area contributed by atoms with Crippen molar-refractivity contribution in [1.82, 2.24) is 15.0 Å². The van der Waals surface area contributed by atoms with Gasteiger partial charge in [-0.05, 0) is 31.6 Å². The van der Waals surface area contributed by atoms with E-state index in [1.54, 1.807) is 0 Å². The number of ether oxygens (including phenoxy) is 1. The first kappa shape index (κ1) is 14.8. The van der Waals surface area contributed by atoms with Gasteiger partial charge in [-0.1, -0.05) is 13.3 Å². The van der Waals surface area contributed by atoms with Gasteiger partial charge in [-0.3, -0.25) is 0 Å². The van der Waals surface area contributed by atoms with Gasteiger partial charge in [-0.2, -0.15) is 15.0 Å². The van der Waals surface area contributed by atoms with Crippen LogP contribution < -0.4 is 15.8 Å². The van der Waals surface area contributed by atoms with E-state index in [9.17, 15) is 5.11 Å². The molecule has 1 heterocycles. The highest BCUT2D eigenvalue weighted by Crippen LogP contribution is 2.33. The number of anilines is 2. The van der Waals surface area contributed by atoms with E-state index in [4.69, 9.17) is 10.5 Å². The van der Waals surface area contributed by atoms with Crippen LogP contribution in [-0.2, 0) is 0 Å². The molecule has 1 saturated carbocycles. The number of methoxy groups -OCH3 is 1. The highest BCUT2D eigenvalue weighted by atomic mass is 16.5. The molecule has 1 aromatic rings. The number of aromatic nitrogens is 3. The number of rotatable bonds is 5. The summed E-state index contributed by atoms with van der Waals surface area (Å²) in [6.07, 6.45) is 4.92. The van der Waals surface area contributed by atoms with Gasteiger partial charge in [-0.15, -0.1) is 0 Å². The van der Waals surface area contributed by atoms with Gasteiger partial charge in [0.1, 0.15) is 0 Å². The van der Waals surface area contributed by atoms with E-state index < -0.39 is 5.60 Å². The molecule has 1 aliphatic rings. The van der Waals surface area contributed by atoms with Crippen molar-refractivity contribution in [1.29, 1.82) is 0 Å². The first-order valence-electron chi connectivity index (χ1n) is 7.06. The fourth-order valence-electron chi connectivity index (χ4n) is 2.59. The highest BCUT2D eigenvalue weighted by molar-refractivity contribution is 5.33. The maximum absolute atomic E-state index is 10.5. The van der Waals surface area contributed by atoms with Crippen molar-refractivity contribution < 1.29 is 9.84 Å². The molecule has 0 spiro atoms. The monoisotopic (exact) mass is 281 g/mol. The lowest BCUT2D eigenvalue weighted by molar-refractivity contribution is 0.00215. The zero-order valence-electron chi connectivity index (χ0n) is 12.1. The second kappa shape index (κ2) is 6.21. The van der Waals surface area contributed by atoms with E-state index in [1.165, 1.54) is 13.5 Å². The molecule has 1 aromatic heterocycles. The molecule has 7 nitrogen and oxygen atoms in total. The molecule has 0 saturated heterocycles. The van der Waals surface area contributed by atoms with Crippen LogP contribution in [-0.4, -0.2) is 39.3 Å².